The predicted molar refractivity (Wildman–Crippen MR) is 82.5 cm³/mol. The number of likely N-dealkylation sites (tertiary alicyclic amines) is 1. The van der Waals surface area contributed by atoms with Crippen molar-refractivity contribution in [3.8, 4) is 0 Å². The minimum Gasteiger partial charge on any atom is -0.320 e. The van der Waals surface area contributed by atoms with Gasteiger partial charge in [-0.15, -0.1) is 0 Å². The van der Waals surface area contributed by atoms with Gasteiger partial charge in [0, 0.05) is 6.54 Å². The van der Waals surface area contributed by atoms with Crippen LogP contribution in [0.15, 0.2) is 18.2 Å². The molecule has 2 heteroatoms. The molecule has 1 aliphatic rings. The Labute approximate surface area is 118 Å². The van der Waals surface area contributed by atoms with Gasteiger partial charge in [-0.3, -0.25) is 4.90 Å². The van der Waals surface area contributed by atoms with E-state index in [4.69, 9.17) is 0 Å². The van der Waals surface area contributed by atoms with Crippen molar-refractivity contribution >= 4 is 0 Å². The Morgan fingerprint density at radius 3 is 2.63 bits per heavy atom. The van der Waals surface area contributed by atoms with Gasteiger partial charge in [0.2, 0.25) is 0 Å². The molecule has 0 aliphatic carbocycles. The second kappa shape index (κ2) is 7.06. The fraction of sp³-hybridized carbons (Fsp3) is 0.647. The average molecular weight is 260 g/mol. The zero-order valence-corrected chi connectivity index (χ0v) is 12.7. The highest BCUT2D eigenvalue weighted by Crippen LogP contribution is 2.22. The molecule has 1 aromatic carbocycles. The van der Waals surface area contributed by atoms with Crippen molar-refractivity contribution in [1.82, 2.24) is 10.2 Å². The van der Waals surface area contributed by atoms with Crippen LogP contribution in [0.4, 0.5) is 0 Å². The molecular weight excluding hydrogens is 232 g/mol. The molecule has 0 atom stereocenters. The van der Waals surface area contributed by atoms with Gasteiger partial charge in [0.05, 0.1) is 0 Å². The van der Waals surface area contributed by atoms with Gasteiger partial charge in [0.1, 0.15) is 0 Å². The lowest BCUT2D eigenvalue weighted by atomic mass is 9.93. The Bertz CT molecular complexity index is 392. The van der Waals surface area contributed by atoms with Crippen molar-refractivity contribution in [3.05, 3.63) is 34.9 Å². The number of nitrogens with one attached hydrogen (secondary N) is 1. The van der Waals surface area contributed by atoms with Crippen molar-refractivity contribution < 1.29 is 0 Å². The molecule has 2 nitrogen and oxygen atoms in total. The normalized spacial score (nSPS) is 17.8. The van der Waals surface area contributed by atoms with E-state index in [1.807, 2.05) is 0 Å². The Morgan fingerprint density at radius 1 is 1.21 bits per heavy atom. The maximum absolute atomic E-state index is 3.27. The molecule has 0 radical (unpaired) electrons. The maximum atomic E-state index is 3.27. The summed E-state index contributed by atoms with van der Waals surface area (Å²) in [5, 5.41) is 3.27. The van der Waals surface area contributed by atoms with Gasteiger partial charge in [-0.25, -0.2) is 0 Å². The first-order chi connectivity index (χ1) is 9.19. The molecule has 1 aliphatic heterocycles. The minimum absolute atomic E-state index is 0.933. The number of piperidine rings is 1. The molecule has 0 aromatic heterocycles. The number of rotatable bonds is 5. The van der Waals surface area contributed by atoms with Gasteiger partial charge < -0.3 is 5.32 Å². The third-order valence-electron chi connectivity index (χ3n) is 4.41. The largest absolute Gasteiger partial charge is 0.320 e. The third-order valence-corrected chi connectivity index (χ3v) is 4.41. The van der Waals surface area contributed by atoms with Gasteiger partial charge in [-0.2, -0.15) is 0 Å². The lowest BCUT2D eigenvalue weighted by Crippen LogP contribution is -2.34. The van der Waals surface area contributed by atoms with E-state index < -0.39 is 0 Å². The van der Waals surface area contributed by atoms with E-state index in [9.17, 15) is 0 Å². The van der Waals surface area contributed by atoms with Crippen LogP contribution in [0.3, 0.4) is 0 Å². The molecule has 2 rings (SSSR count). The summed E-state index contributed by atoms with van der Waals surface area (Å²) in [7, 11) is 2.05. The van der Waals surface area contributed by atoms with Crippen molar-refractivity contribution in [1.29, 1.82) is 0 Å². The summed E-state index contributed by atoms with van der Waals surface area (Å²) < 4.78 is 0. The topological polar surface area (TPSA) is 15.3 Å². The smallest absolute Gasteiger partial charge is 0.0236 e. The van der Waals surface area contributed by atoms with Crippen LogP contribution in [0, 0.1) is 19.8 Å². The maximum Gasteiger partial charge on any atom is 0.0236 e. The van der Waals surface area contributed by atoms with E-state index in [2.05, 4.69) is 49.3 Å². The second-order valence-corrected chi connectivity index (χ2v) is 6.04. The van der Waals surface area contributed by atoms with Crippen LogP contribution >= 0.6 is 0 Å². The predicted octanol–water partition coefficient (Wildman–Crippen LogP) is 3.12. The second-order valence-electron chi connectivity index (χ2n) is 6.04. The lowest BCUT2D eigenvalue weighted by molar-refractivity contribution is 0.172. The average Bonchev–Trinajstić information content (AvgIpc) is 2.42. The summed E-state index contributed by atoms with van der Waals surface area (Å²) in [4.78, 5) is 2.62. The highest BCUT2D eigenvalue weighted by Gasteiger charge is 2.19. The highest BCUT2D eigenvalue weighted by molar-refractivity contribution is 5.30. The van der Waals surface area contributed by atoms with Crippen LogP contribution in [-0.2, 0) is 6.54 Å². The Hall–Kier alpha value is -0.860. The Balaban J connectivity index is 1.83. The van der Waals surface area contributed by atoms with Gasteiger partial charge in [-0.05, 0) is 76.8 Å². The zero-order valence-electron chi connectivity index (χ0n) is 12.7. The van der Waals surface area contributed by atoms with E-state index in [1.165, 1.54) is 55.6 Å². The van der Waals surface area contributed by atoms with E-state index in [1.54, 1.807) is 0 Å². The number of nitrogens with zero attached hydrogens (tertiary/aromatic N) is 1. The Kier molecular flexibility index (Phi) is 5.41. The molecule has 1 heterocycles. The fourth-order valence-corrected chi connectivity index (χ4v) is 2.99. The molecular formula is C17H28N2. The number of benzene rings is 1. The fourth-order valence-electron chi connectivity index (χ4n) is 2.99. The third kappa shape index (κ3) is 4.32. The van der Waals surface area contributed by atoms with Crippen LogP contribution in [-0.4, -0.2) is 31.6 Å². The first-order valence-corrected chi connectivity index (χ1v) is 7.62. The van der Waals surface area contributed by atoms with E-state index in [0.29, 0.717) is 0 Å². The van der Waals surface area contributed by atoms with Gasteiger partial charge >= 0.3 is 0 Å². The molecule has 0 unspecified atom stereocenters. The van der Waals surface area contributed by atoms with Crippen molar-refractivity contribution in [2.45, 2.75) is 39.7 Å². The lowest BCUT2D eigenvalue weighted by Gasteiger charge is -2.32. The number of hydrogen-bond donors (Lipinski definition) is 1. The molecule has 0 amide bonds. The molecule has 19 heavy (non-hydrogen) atoms. The molecule has 1 saturated heterocycles. The number of aryl methyl sites for hydroxylation is 2. The summed E-state index contributed by atoms with van der Waals surface area (Å²) in [5.41, 5.74) is 4.32. The summed E-state index contributed by atoms with van der Waals surface area (Å²) >= 11 is 0. The van der Waals surface area contributed by atoms with E-state index in [-0.39, 0.29) is 0 Å². The van der Waals surface area contributed by atoms with E-state index in [0.717, 1.165) is 12.5 Å². The van der Waals surface area contributed by atoms with Gasteiger partial charge in [0.25, 0.3) is 0 Å². The monoisotopic (exact) mass is 260 g/mol. The molecule has 1 aromatic rings. The zero-order chi connectivity index (χ0) is 13.7. The van der Waals surface area contributed by atoms with Crippen LogP contribution in [0.1, 0.15) is 36.0 Å². The van der Waals surface area contributed by atoms with Gasteiger partial charge in [0.15, 0.2) is 0 Å². The minimum atomic E-state index is 0.933. The Morgan fingerprint density at radius 2 is 1.95 bits per heavy atom. The quantitative estimate of drug-likeness (QED) is 0.875. The molecule has 0 bridgehead atoms. The molecule has 106 valence electrons. The molecule has 1 N–H and O–H groups in total. The summed E-state index contributed by atoms with van der Waals surface area (Å²) in [6, 6.07) is 6.82. The molecule has 1 fully saturated rings. The van der Waals surface area contributed by atoms with E-state index >= 15 is 0 Å². The summed E-state index contributed by atoms with van der Waals surface area (Å²) in [5.74, 6) is 0.933. The summed E-state index contributed by atoms with van der Waals surface area (Å²) in [6.45, 7) is 9.25. The van der Waals surface area contributed by atoms with Crippen LogP contribution in [0.2, 0.25) is 0 Å². The number of hydrogen-bond acceptors (Lipinski definition) is 2. The van der Waals surface area contributed by atoms with Gasteiger partial charge in [-0.1, -0.05) is 23.8 Å². The van der Waals surface area contributed by atoms with Crippen molar-refractivity contribution in [2.75, 3.05) is 26.7 Å². The van der Waals surface area contributed by atoms with Crippen LogP contribution in [0.25, 0.3) is 0 Å². The van der Waals surface area contributed by atoms with Crippen LogP contribution < -0.4 is 5.32 Å². The van der Waals surface area contributed by atoms with Crippen LogP contribution in [0.5, 0.6) is 0 Å². The highest BCUT2D eigenvalue weighted by atomic mass is 15.1. The van der Waals surface area contributed by atoms with Crippen molar-refractivity contribution in [2.24, 2.45) is 5.92 Å². The summed E-state index contributed by atoms with van der Waals surface area (Å²) in [6.07, 6.45) is 4.08. The SMILES string of the molecule is CNCCC1CCN(Cc2cc(C)ccc2C)CC1. The first kappa shape index (κ1) is 14.5. The molecule has 0 saturated carbocycles. The standard InChI is InChI=1S/C17H28N2/c1-14-4-5-15(2)17(12-14)13-19-10-7-16(8-11-19)6-9-18-3/h4-5,12,16,18H,6-11,13H2,1-3H3. The first-order valence-electron chi connectivity index (χ1n) is 7.62. The van der Waals surface area contributed by atoms with Crippen molar-refractivity contribution in [3.63, 3.8) is 0 Å². The molecule has 0 spiro atoms.